The molecule has 2 rings (SSSR count). The van der Waals surface area contributed by atoms with Gasteiger partial charge in [0.1, 0.15) is 0 Å². The highest BCUT2D eigenvalue weighted by Gasteiger charge is 2.30. The smallest absolute Gasteiger partial charge is 0.0575 e. The van der Waals surface area contributed by atoms with Crippen molar-refractivity contribution in [3.05, 3.63) is 0 Å². The monoisotopic (exact) mass is 392 g/mol. The molecule has 0 amide bonds. The van der Waals surface area contributed by atoms with Crippen molar-refractivity contribution in [3.8, 4) is 0 Å². The molecule has 0 spiro atoms. The van der Waals surface area contributed by atoms with Gasteiger partial charge in [0, 0.05) is 6.61 Å². The lowest BCUT2D eigenvalue weighted by atomic mass is 9.70. The van der Waals surface area contributed by atoms with Crippen LogP contribution < -0.4 is 0 Å². The summed E-state index contributed by atoms with van der Waals surface area (Å²) in [5.74, 6) is 3.14. The Kier molecular flexibility index (Phi) is 13.6. The molecular formula is C27H52O. The van der Waals surface area contributed by atoms with Gasteiger partial charge in [0.2, 0.25) is 0 Å². The van der Waals surface area contributed by atoms with Crippen LogP contribution in [0.25, 0.3) is 0 Å². The average molecular weight is 393 g/mol. The normalized spacial score (nSPS) is 28.5. The summed E-state index contributed by atoms with van der Waals surface area (Å²) in [6.07, 6.45) is 29.4. The molecule has 0 aromatic rings. The molecule has 0 aromatic heterocycles. The van der Waals surface area contributed by atoms with Gasteiger partial charge in [-0.1, -0.05) is 97.3 Å². The summed E-state index contributed by atoms with van der Waals surface area (Å²) in [5, 5.41) is 0. The van der Waals surface area contributed by atoms with Gasteiger partial charge < -0.3 is 4.74 Å². The number of ether oxygens (including phenoxy) is 1. The molecule has 0 aliphatic heterocycles. The molecular weight excluding hydrogens is 340 g/mol. The van der Waals surface area contributed by atoms with Crippen LogP contribution >= 0.6 is 0 Å². The van der Waals surface area contributed by atoms with Gasteiger partial charge >= 0.3 is 0 Å². The lowest BCUT2D eigenvalue weighted by molar-refractivity contribution is 0.00527. The summed E-state index contributed by atoms with van der Waals surface area (Å²) in [6, 6.07) is 0. The second-order valence-corrected chi connectivity index (χ2v) is 10.2. The fourth-order valence-electron chi connectivity index (χ4n) is 5.84. The van der Waals surface area contributed by atoms with E-state index >= 15 is 0 Å². The fourth-order valence-corrected chi connectivity index (χ4v) is 5.84. The van der Waals surface area contributed by atoms with Gasteiger partial charge in [-0.2, -0.15) is 0 Å². The standard InChI is InChI=1S/C27H52O/c1-3-5-7-9-10-12-14-24-15-17-25(18-16-24)26-19-21-27(22-20-26)28-23-13-11-8-6-4-2/h24-27H,3-23H2,1-2H3. The lowest BCUT2D eigenvalue weighted by Gasteiger charge is -2.38. The highest BCUT2D eigenvalue weighted by molar-refractivity contribution is 4.82. The molecule has 1 nitrogen and oxygen atoms in total. The second-order valence-electron chi connectivity index (χ2n) is 10.2. The first-order chi connectivity index (χ1) is 13.8. The Hall–Kier alpha value is -0.0400. The predicted octanol–water partition coefficient (Wildman–Crippen LogP) is 9.09. The van der Waals surface area contributed by atoms with E-state index in [0.717, 1.165) is 24.4 Å². The van der Waals surface area contributed by atoms with E-state index in [0.29, 0.717) is 6.10 Å². The zero-order valence-corrected chi connectivity index (χ0v) is 19.6. The van der Waals surface area contributed by atoms with Crippen molar-refractivity contribution < 1.29 is 4.74 Å². The van der Waals surface area contributed by atoms with Crippen molar-refractivity contribution >= 4 is 0 Å². The fraction of sp³-hybridized carbons (Fsp3) is 1.00. The minimum atomic E-state index is 0.589. The zero-order valence-electron chi connectivity index (χ0n) is 19.6. The van der Waals surface area contributed by atoms with E-state index in [1.165, 1.54) is 128 Å². The first kappa shape index (κ1) is 24.2. The predicted molar refractivity (Wildman–Crippen MR) is 124 cm³/mol. The van der Waals surface area contributed by atoms with Crippen molar-refractivity contribution in [1.29, 1.82) is 0 Å². The molecule has 2 aliphatic rings. The molecule has 0 saturated heterocycles. The quantitative estimate of drug-likeness (QED) is 0.252. The summed E-state index contributed by atoms with van der Waals surface area (Å²) in [4.78, 5) is 0. The van der Waals surface area contributed by atoms with Crippen molar-refractivity contribution in [2.75, 3.05) is 6.61 Å². The summed E-state index contributed by atoms with van der Waals surface area (Å²) in [6.45, 7) is 5.62. The van der Waals surface area contributed by atoms with Crippen molar-refractivity contribution in [2.45, 2.75) is 148 Å². The molecule has 0 N–H and O–H groups in total. The second kappa shape index (κ2) is 15.8. The molecule has 0 aromatic carbocycles. The largest absolute Gasteiger partial charge is 0.378 e. The molecule has 0 bridgehead atoms. The Balaban J connectivity index is 1.47. The lowest BCUT2D eigenvalue weighted by Crippen LogP contribution is -2.28. The molecule has 0 atom stereocenters. The molecule has 28 heavy (non-hydrogen) atoms. The van der Waals surface area contributed by atoms with Crippen LogP contribution in [-0.4, -0.2) is 12.7 Å². The molecule has 2 saturated carbocycles. The van der Waals surface area contributed by atoms with Crippen LogP contribution in [0.15, 0.2) is 0 Å². The van der Waals surface area contributed by atoms with Crippen LogP contribution in [0.3, 0.4) is 0 Å². The van der Waals surface area contributed by atoms with E-state index in [9.17, 15) is 0 Å². The van der Waals surface area contributed by atoms with Crippen LogP contribution in [0.1, 0.15) is 142 Å². The summed E-state index contributed by atoms with van der Waals surface area (Å²) < 4.78 is 6.20. The Morgan fingerprint density at radius 1 is 0.536 bits per heavy atom. The SMILES string of the molecule is CCCCCCCCC1CCC(C2CCC(OCCCCCCC)CC2)CC1. The Morgan fingerprint density at radius 2 is 1.04 bits per heavy atom. The van der Waals surface area contributed by atoms with Crippen LogP contribution in [-0.2, 0) is 4.74 Å². The van der Waals surface area contributed by atoms with Crippen LogP contribution in [0, 0.1) is 17.8 Å². The van der Waals surface area contributed by atoms with E-state index in [4.69, 9.17) is 4.74 Å². The summed E-state index contributed by atoms with van der Waals surface area (Å²) in [5.41, 5.74) is 0. The molecule has 1 heteroatoms. The van der Waals surface area contributed by atoms with Crippen molar-refractivity contribution in [1.82, 2.24) is 0 Å². The maximum Gasteiger partial charge on any atom is 0.0575 e. The van der Waals surface area contributed by atoms with E-state index in [1.54, 1.807) is 0 Å². The topological polar surface area (TPSA) is 9.23 Å². The Morgan fingerprint density at radius 3 is 1.64 bits per heavy atom. The van der Waals surface area contributed by atoms with Crippen LogP contribution in [0.5, 0.6) is 0 Å². The number of hydrogen-bond donors (Lipinski definition) is 0. The maximum absolute atomic E-state index is 6.20. The first-order valence-corrected chi connectivity index (χ1v) is 13.4. The minimum absolute atomic E-state index is 0.589. The van der Waals surface area contributed by atoms with Crippen molar-refractivity contribution in [2.24, 2.45) is 17.8 Å². The van der Waals surface area contributed by atoms with Gasteiger partial charge in [-0.3, -0.25) is 0 Å². The highest BCUT2D eigenvalue weighted by atomic mass is 16.5. The summed E-state index contributed by atoms with van der Waals surface area (Å²) >= 11 is 0. The molecule has 0 unspecified atom stereocenters. The van der Waals surface area contributed by atoms with Gasteiger partial charge in [-0.15, -0.1) is 0 Å². The van der Waals surface area contributed by atoms with Gasteiger partial charge in [-0.05, 0) is 62.7 Å². The van der Waals surface area contributed by atoms with E-state index in [1.807, 2.05) is 0 Å². The third-order valence-electron chi connectivity index (χ3n) is 7.84. The van der Waals surface area contributed by atoms with Crippen LogP contribution in [0.4, 0.5) is 0 Å². The van der Waals surface area contributed by atoms with E-state index in [-0.39, 0.29) is 0 Å². The van der Waals surface area contributed by atoms with E-state index in [2.05, 4.69) is 13.8 Å². The van der Waals surface area contributed by atoms with Crippen molar-refractivity contribution in [3.63, 3.8) is 0 Å². The first-order valence-electron chi connectivity index (χ1n) is 13.4. The Bertz CT molecular complexity index is 302. The Labute approximate surface area is 177 Å². The number of unbranched alkanes of at least 4 members (excludes halogenated alkanes) is 9. The molecule has 2 aliphatic carbocycles. The van der Waals surface area contributed by atoms with E-state index < -0.39 is 0 Å². The van der Waals surface area contributed by atoms with Crippen LogP contribution in [0.2, 0.25) is 0 Å². The van der Waals surface area contributed by atoms with Gasteiger partial charge in [0.05, 0.1) is 6.10 Å². The van der Waals surface area contributed by atoms with Gasteiger partial charge in [0.25, 0.3) is 0 Å². The molecule has 166 valence electrons. The average Bonchev–Trinajstić information content (AvgIpc) is 2.74. The van der Waals surface area contributed by atoms with Gasteiger partial charge in [-0.25, -0.2) is 0 Å². The van der Waals surface area contributed by atoms with Gasteiger partial charge in [0.15, 0.2) is 0 Å². The maximum atomic E-state index is 6.20. The molecule has 2 fully saturated rings. The third kappa shape index (κ3) is 10.1. The number of rotatable bonds is 15. The zero-order chi connectivity index (χ0) is 19.9. The number of hydrogen-bond acceptors (Lipinski definition) is 1. The molecule has 0 radical (unpaired) electrons. The molecule has 0 heterocycles. The minimum Gasteiger partial charge on any atom is -0.378 e. The highest BCUT2D eigenvalue weighted by Crippen LogP contribution is 2.41. The summed E-state index contributed by atoms with van der Waals surface area (Å²) in [7, 11) is 0. The third-order valence-corrected chi connectivity index (χ3v) is 7.84.